The van der Waals surface area contributed by atoms with E-state index in [0.29, 0.717) is 5.75 Å². The van der Waals surface area contributed by atoms with Gasteiger partial charge in [0.15, 0.2) is 5.17 Å². The number of hydrogen-bond donors (Lipinski definition) is 3. The molecule has 0 heterocycles. The number of hydrogen-bond acceptors (Lipinski definition) is 3. The van der Waals surface area contributed by atoms with E-state index in [4.69, 9.17) is 16.9 Å². The molecule has 0 saturated heterocycles. The molecule has 0 radical (unpaired) electrons. The maximum Gasteiger partial charge on any atom is 0.221 e. The molecule has 0 rings (SSSR count). The molecule has 0 aliphatic carbocycles. The molecule has 0 aliphatic rings. The first-order valence-corrected chi connectivity index (χ1v) is 3.78. The lowest BCUT2D eigenvalue weighted by atomic mass is 10.2. The van der Waals surface area contributed by atoms with Crippen LogP contribution in [0.4, 0.5) is 0 Å². The summed E-state index contributed by atoms with van der Waals surface area (Å²) in [6, 6.07) is 0. The number of nitrogens with one attached hydrogen (secondary N) is 1. The average Bonchev–Trinajstić information content (AvgIpc) is 1.82. The second kappa shape index (κ2) is 4.16. The Kier molecular flexibility index (Phi) is 3.87. The third-order valence-electron chi connectivity index (χ3n) is 0.975. The third kappa shape index (κ3) is 4.20. The van der Waals surface area contributed by atoms with Gasteiger partial charge < -0.3 is 11.5 Å². The zero-order chi connectivity index (χ0) is 8.15. The predicted octanol–water partition coefficient (Wildman–Crippen LogP) is -0.266. The highest BCUT2D eigenvalue weighted by Gasteiger charge is 2.08. The van der Waals surface area contributed by atoms with Crippen molar-refractivity contribution in [1.82, 2.24) is 0 Å². The summed E-state index contributed by atoms with van der Waals surface area (Å²) in [5.74, 6) is -0.0762. The summed E-state index contributed by atoms with van der Waals surface area (Å²) in [5.41, 5.74) is 9.99. The number of primary amides is 1. The van der Waals surface area contributed by atoms with Crippen molar-refractivity contribution >= 4 is 22.8 Å². The summed E-state index contributed by atoms with van der Waals surface area (Å²) < 4.78 is 0. The molecule has 0 aromatic carbocycles. The summed E-state index contributed by atoms with van der Waals surface area (Å²) in [5, 5.41) is 6.84. The van der Waals surface area contributed by atoms with E-state index in [2.05, 4.69) is 0 Å². The molecule has 1 atom stereocenters. The molecule has 5 heteroatoms. The van der Waals surface area contributed by atoms with Gasteiger partial charge in [-0.15, -0.1) is 0 Å². The van der Waals surface area contributed by atoms with Crippen molar-refractivity contribution in [3.8, 4) is 0 Å². The van der Waals surface area contributed by atoms with Crippen LogP contribution in [0.1, 0.15) is 6.92 Å². The smallest absolute Gasteiger partial charge is 0.221 e. The first kappa shape index (κ1) is 9.29. The Bertz CT molecular complexity index is 148. The van der Waals surface area contributed by atoms with E-state index in [0.717, 1.165) is 11.8 Å². The van der Waals surface area contributed by atoms with Gasteiger partial charge in [0.1, 0.15) is 0 Å². The maximum absolute atomic E-state index is 10.4. The van der Waals surface area contributed by atoms with Crippen molar-refractivity contribution < 1.29 is 4.79 Å². The van der Waals surface area contributed by atoms with Crippen LogP contribution in [0.5, 0.6) is 0 Å². The minimum Gasteiger partial charge on any atom is -0.379 e. The highest BCUT2D eigenvalue weighted by molar-refractivity contribution is 8.13. The van der Waals surface area contributed by atoms with Crippen LogP contribution in [-0.2, 0) is 4.79 Å². The monoisotopic (exact) mass is 161 g/mol. The van der Waals surface area contributed by atoms with Crippen molar-refractivity contribution in [3.05, 3.63) is 0 Å². The zero-order valence-electron chi connectivity index (χ0n) is 5.76. The topological polar surface area (TPSA) is 93.0 Å². The molecule has 0 spiro atoms. The van der Waals surface area contributed by atoms with Crippen LogP contribution < -0.4 is 11.5 Å². The number of thioether (sulfide) groups is 1. The van der Waals surface area contributed by atoms with Gasteiger partial charge in [-0.05, 0) is 0 Å². The van der Waals surface area contributed by atoms with Crippen LogP contribution in [0.2, 0.25) is 0 Å². The van der Waals surface area contributed by atoms with Crippen LogP contribution in [0.25, 0.3) is 0 Å². The molecule has 58 valence electrons. The van der Waals surface area contributed by atoms with Gasteiger partial charge in [0.05, 0.1) is 0 Å². The molecular formula is C5H11N3OS. The fraction of sp³-hybridized carbons (Fsp3) is 0.600. The molecule has 0 aliphatic heterocycles. The van der Waals surface area contributed by atoms with Crippen LogP contribution in [0.3, 0.4) is 0 Å². The maximum atomic E-state index is 10.4. The Morgan fingerprint density at radius 1 is 1.70 bits per heavy atom. The minimum absolute atomic E-state index is 0.0214. The molecule has 10 heavy (non-hydrogen) atoms. The lowest BCUT2D eigenvalue weighted by Gasteiger charge is -2.03. The summed E-state index contributed by atoms with van der Waals surface area (Å²) >= 11 is 1.13. The molecule has 4 nitrogen and oxygen atoms in total. The highest BCUT2D eigenvalue weighted by atomic mass is 32.2. The van der Waals surface area contributed by atoms with Crippen LogP contribution >= 0.6 is 11.8 Å². The first-order valence-electron chi connectivity index (χ1n) is 2.80. The molecule has 0 saturated carbocycles. The fourth-order valence-electron chi connectivity index (χ4n) is 0.297. The van der Waals surface area contributed by atoms with E-state index in [1.54, 1.807) is 6.92 Å². The summed E-state index contributed by atoms with van der Waals surface area (Å²) in [7, 11) is 0. The Balaban J connectivity index is 3.49. The van der Waals surface area contributed by atoms with Gasteiger partial charge in [0.2, 0.25) is 5.91 Å². The molecule has 0 aromatic rings. The normalized spacial score (nSPS) is 12.5. The number of carbonyl (C=O) groups excluding carboxylic acids is 1. The van der Waals surface area contributed by atoms with E-state index < -0.39 is 0 Å². The van der Waals surface area contributed by atoms with Crippen molar-refractivity contribution in [3.63, 3.8) is 0 Å². The quantitative estimate of drug-likeness (QED) is 0.393. The van der Waals surface area contributed by atoms with E-state index in [9.17, 15) is 4.79 Å². The Morgan fingerprint density at radius 3 is 2.50 bits per heavy atom. The number of amides is 1. The lowest BCUT2D eigenvalue weighted by molar-refractivity contribution is -0.120. The second-order valence-corrected chi connectivity index (χ2v) is 3.04. The van der Waals surface area contributed by atoms with Crippen molar-refractivity contribution in [2.24, 2.45) is 17.4 Å². The molecule has 5 N–H and O–H groups in total. The molecular weight excluding hydrogens is 150 g/mol. The zero-order valence-corrected chi connectivity index (χ0v) is 6.57. The van der Waals surface area contributed by atoms with Gasteiger partial charge in [-0.2, -0.15) is 0 Å². The van der Waals surface area contributed by atoms with Crippen LogP contribution in [-0.4, -0.2) is 16.8 Å². The number of nitrogens with two attached hydrogens (primary N) is 2. The molecule has 0 bridgehead atoms. The fourth-order valence-corrected chi connectivity index (χ4v) is 0.891. The van der Waals surface area contributed by atoms with Crippen LogP contribution in [0, 0.1) is 11.3 Å². The van der Waals surface area contributed by atoms with Gasteiger partial charge in [-0.3, -0.25) is 10.2 Å². The predicted molar refractivity (Wildman–Crippen MR) is 42.7 cm³/mol. The van der Waals surface area contributed by atoms with Crippen molar-refractivity contribution in [2.45, 2.75) is 6.92 Å². The third-order valence-corrected chi connectivity index (χ3v) is 1.95. The van der Waals surface area contributed by atoms with Crippen molar-refractivity contribution in [1.29, 1.82) is 5.41 Å². The van der Waals surface area contributed by atoms with Gasteiger partial charge in [-0.25, -0.2) is 0 Å². The van der Waals surface area contributed by atoms with Gasteiger partial charge in [-0.1, -0.05) is 18.7 Å². The largest absolute Gasteiger partial charge is 0.379 e. The standard InChI is InChI=1S/C5H11N3OS/c1-3(4(6)9)2-10-5(7)8/h3H,2H2,1H3,(H2,6,9)(H3,7,8)/t3-/m1/s1. The number of amidine groups is 1. The van der Waals surface area contributed by atoms with Gasteiger partial charge >= 0.3 is 0 Å². The molecule has 0 unspecified atom stereocenters. The van der Waals surface area contributed by atoms with E-state index >= 15 is 0 Å². The van der Waals surface area contributed by atoms with Crippen molar-refractivity contribution in [2.75, 3.05) is 5.75 Å². The van der Waals surface area contributed by atoms with Gasteiger partial charge in [0.25, 0.3) is 0 Å². The lowest BCUT2D eigenvalue weighted by Crippen LogP contribution is -2.23. The number of rotatable bonds is 3. The summed E-state index contributed by atoms with van der Waals surface area (Å²) in [4.78, 5) is 10.4. The summed E-state index contributed by atoms with van der Waals surface area (Å²) in [6.45, 7) is 1.71. The molecule has 0 fully saturated rings. The minimum atomic E-state index is -0.353. The van der Waals surface area contributed by atoms with E-state index in [1.165, 1.54) is 0 Å². The Morgan fingerprint density at radius 2 is 2.20 bits per heavy atom. The molecule has 0 aromatic heterocycles. The molecule has 1 amide bonds. The first-order chi connectivity index (χ1) is 4.54. The average molecular weight is 161 g/mol. The Labute approximate surface area is 63.8 Å². The SMILES string of the molecule is C[C@H](CSC(=N)N)C(N)=O. The van der Waals surface area contributed by atoms with Gasteiger partial charge in [0, 0.05) is 11.7 Å². The van der Waals surface area contributed by atoms with E-state index in [-0.39, 0.29) is 17.0 Å². The summed E-state index contributed by atoms with van der Waals surface area (Å²) in [6.07, 6.45) is 0. The van der Waals surface area contributed by atoms with Crippen LogP contribution in [0.15, 0.2) is 0 Å². The highest BCUT2D eigenvalue weighted by Crippen LogP contribution is 2.05. The second-order valence-electron chi connectivity index (χ2n) is 1.98. The Hall–Kier alpha value is -0.710. The number of carbonyl (C=O) groups is 1. The van der Waals surface area contributed by atoms with E-state index in [1.807, 2.05) is 0 Å².